The lowest BCUT2D eigenvalue weighted by Gasteiger charge is -2.18. The number of allylic oxidation sites excluding steroid dienone is 12. The van der Waals surface area contributed by atoms with Crippen molar-refractivity contribution in [3.63, 3.8) is 0 Å². The lowest BCUT2D eigenvalue weighted by Crippen LogP contribution is -2.30. The van der Waals surface area contributed by atoms with Gasteiger partial charge >= 0.3 is 17.9 Å². The number of hydrogen-bond acceptors (Lipinski definition) is 6. The SMILES string of the molecule is CC/C=C\C/C=C\C/C=C\CCCCCCCC(=O)O[C@@H](COC(=O)CCCCCC/C=C\C/C=C\C/C=C\CCCCC)COC(=O)CCCCCCCCCCCCC. The van der Waals surface area contributed by atoms with Crippen molar-refractivity contribution in [3.8, 4) is 0 Å². The van der Waals surface area contributed by atoms with E-state index in [1.807, 2.05) is 0 Å². The van der Waals surface area contributed by atoms with Gasteiger partial charge in [-0.1, -0.05) is 203 Å². The molecule has 0 spiro atoms. The largest absolute Gasteiger partial charge is 0.462 e. The van der Waals surface area contributed by atoms with Gasteiger partial charge in [-0.05, 0) is 89.9 Å². The van der Waals surface area contributed by atoms with Gasteiger partial charge in [-0.25, -0.2) is 0 Å². The summed E-state index contributed by atoms with van der Waals surface area (Å²) in [7, 11) is 0. The van der Waals surface area contributed by atoms with Gasteiger partial charge in [0, 0.05) is 19.3 Å². The molecular weight excluding hydrogens is 757 g/mol. The van der Waals surface area contributed by atoms with Gasteiger partial charge in [-0.3, -0.25) is 14.4 Å². The van der Waals surface area contributed by atoms with Crippen molar-refractivity contribution in [2.24, 2.45) is 0 Å². The lowest BCUT2D eigenvalue weighted by atomic mass is 10.1. The van der Waals surface area contributed by atoms with E-state index >= 15 is 0 Å². The van der Waals surface area contributed by atoms with Crippen molar-refractivity contribution in [1.82, 2.24) is 0 Å². The Morgan fingerprint density at radius 1 is 0.344 bits per heavy atom. The first-order valence-electron chi connectivity index (χ1n) is 25.4. The van der Waals surface area contributed by atoms with Crippen LogP contribution in [0.2, 0.25) is 0 Å². The summed E-state index contributed by atoms with van der Waals surface area (Å²) in [6, 6.07) is 0. The quantitative estimate of drug-likeness (QED) is 0.0263. The maximum atomic E-state index is 12.8. The first-order valence-corrected chi connectivity index (χ1v) is 25.4. The number of hydrogen-bond donors (Lipinski definition) is 0. The molecule has 0 fully saturated rings. The second-order valence-corrected chi connectivity index (χ2v) is 16.7. The normalized spacial score (nSPS) is 12.6. The number of esters is 3. The minimum absolute atomic E-state index is 0.0887. The Labute approximate surface area is 376 Å². The number of rotatable bonds is 45. The third-order valence-corrected chi connectivity index (χ3v) is 10.7. The van der Waals surface area contributed by atoms with E-state index in [1.54, 1.807) is 0 Å². The Morgan fingerprint density at radius 2 is 0.639 bits per heavy atom. The minimum Gasteiger partial charge on any atom is -0.462 e. The van der Waals surface area contributed by atoms with Crippen LogP contribution in [-0.2, 0) is 28.6 Å². The highest BCUT2D eigenvalue weighted by Crippen LogP contribution is 2.14. The molecule has 0 aromatic heterocycles. The molecule has 0 aliphatic carbocycles. The molecule has 0 unspecified atom stereocenters. The molecule has 0 saturated carbocycles. The van der Waals surface area contributed by atoms with E-state index in [1.165, 1.54) is 77.0 Å². The van der Waals surface area contributed by atoms with Crippen LogP contribution in [0.3, 0.4) is 0 Å². The van der Waals surface area contributed by atoms with Crippen LogP contribution in [0.1, 0.15) is 239 Å². The van der Waals surface area contributed by atoms with Crippen molar-refractivity contribution in [1.29, 1.82) is 0 Å². The average molecular weight is 851 g/mol. The lowest BCUT2D eigenvalue weighted by molar-refractivity contribution is -0.167. The zero-order chi connectivity index (χ0) is 44.4. The topological polar surface area (TPSA) is 78.9 Å². The number of ether oxygens (including phenoxy) is 3. The van der Waals surface area contributed by atoms with E-state index in [0.717, 1.165) is 122 Å². The van der Waals surface area contributed by atoms with Crippen LogP contribution in [0.15, 0.2) is 72.9 Å². The van der Waals surface area contributed by atoms with E-state index in [-0.39, 0.29) is 31.1 Å². The van der Waals surface area contributed by atoms with E-state index in [0.29, 0.717) is 19.3 Å². The molecule has 0 aliphatic rings. The zero-order valence-corrected chi connectivity index (χ0v) is 39.9. The van der Waals surface area contributed by atoms with Crippen molar-refractivity contribution < 1.29 is 28.6 Å². The van der Waals surface area contributed by atoms with Crippen LogP contribution in [-0.4, -0.2) is 37.2 Å². The maximum Gasteiger partial charge on any atom is 0.306 e. The van der Waals surface area contributed by atoms with E-state index in [2.05, 4.69) is 93.7 Å². The molecule has 0 aromatic carbocycles. The monoisotopic (exact) mass is 851 g/mol. The highest BCUT2D eigenvalue weighted by molar-refractivity contribution is 5.71. The predicted octanol–water partition coefficient (Wildman–Crippen LogP) is 16.6. The summed E-state index contributed by atoms with van der Waals surface area (Å²) >= 11 is 0. The summed E-state index contributed by atoms with van der Waals surface area (Å²) in [5, 5.41) is 0. The van der Waals surface area contributed by atoms with E-state index < -0.39 is 6.10 Å². The van der Waals surface area contributed by atoms with Crippen molar-refractivity contribution >= 4 is 17.9 Å². The molecule has 0 rings (SSSR count). The predicted molar refractivity (Wildman–Crippen MR) is 261 cm³/mol. The minimum atomic E-state index is -0.791. The van der Waals surface area contributed by atoms with Gasteiger partial charge in [0.05, 0.1) is 0 Å². The molecule has 0 aromatic rings. The van der Waals surface area contributed by atoms with Gasteiger partial charge in [0.15, 0.2) is 6.10 Å². The Bertz CT molecular complexity index is 1160. The first-order chi connectivity index (χ1) is 30.0. The molecule has 0 N–H and O–H groups in total. The molecule has 0 aliphatic heterocycles. The van der Waals surface area contributed by atoms with Crippen LogP contribution in [0.4, 0.5) is 0 Å². The summed E-state index contributed by atoms with van der Waals surface area (Å²) in [6.07, 6.45) is 61.6. The van der Waals surface area contributed by atoms with E-state index in [4.69, 9.17) is 14.2 Å². The molecular formula is C55H94O6. The molecule has 0 amide bonds. The Hall–Kier alpha value is -3.15. The van der Waals surface area contributed by atoms with Crippen LogP contribution >= 0.6 is 0 Å². The Balaban J connectivity index is 4.44. The third-order valence-electron chi connectivity index (χ3n) is 10.7. The average Bonchev–Trinajstić information content (AvgIpc) is 3.26. The number of unbranched alkanes of at least 4 members (excludes halogenated alkanes) is 22. The smallest absolute Gasteiger partial charge is 0.306 e. The fraction of sp³-hybridized carbons (Fsp3) is 0.727. The van der Waals surface area contributed by atoms with Crippen molar-refractivity contribution in [2.75, 3.05) is 13.2 Å². The van der Waals surface area contributed by atoms with Crippen LogP contribution in [0.5, 0.6) is 0 Å². The molecule has 0 saturated heterocycles. The highest BCUT2D eigenvalue weighted by Gasteiger charge is 2.19. The first kappa shape index (κ1) is 57.9. The summed E-state index contributed by atoms with van der Waals surface area (Å²) in [4.78, 5) is 37.9. The van der Waals surface area contributed by atoms with Gasteiger partial charge in [-0.2, -0.15) is 0 Å². The van der Waals surface area contributed by atoms with Crippen LogP contribution < -0.4 is 0 Å². The highest BCUT2D eigenvalue weighted by atomic mass is 16.6. The molecule has 6 nitrogen and oxygen atoms in total. The van der Waals surface area contributed by atoms with Gasteiger partial charge in [0.25, 0.3) is 0 Å². The summed E-state index contributed by atoms with van der Waals surface area (Å²) < 4.78 is 16.8. The van der Waals surface area contributed by atoms with Gasteiger partial charge in [0.1, 0.15) is 13.2 Å². The third kappa shape index (κ3) is 47.7. The van der Waals surface area contributed by atoms with Crippen molar-refractivity contribution in [3.05, 3.63) is 72.9 Å². The molecule has 61 heavy (non-hydrogen) atoms. The molecule has 350 valence electrons. The molecule has 0 radical (unpaired) electrons. The van der Waals surface area contributed by atoms with Crippen LogP contribution in [0, 0.1) is 0 Å². The number of carbonyl (C=O) groups is 3. The second-order valence-electron chi connectivity index (χ2n) is 16.7. The molecule has 1 atom stereocenters. The summed E-state index contributed by atoms with van der Waals surface area (Å²) in [5.41, 5.74) is 0. The fourth-order valence-corrected chi connectivity index (χ4v) is 6.87. The molecule has 6 heteroatoms. The van der Waals surface area contributed by atoms with Gasteiger partial charge in [-0.15, -0.1) is 0 Å². The molecule has 0 heterocycles. The summed E-state index contributed by atoms with van der Waals surface area (Å²) in [5.74, 6) is -0.928. The maximum absolute atomic E-state index is 12.8. The van der Waals surface area contributed by atoms with Gasteiger partial charge in [0.2, 0.25) is 0 Å². The zero-order valence-electron chi connectivity index (χ0n) is 39.9. The Morgan fingerprint density at radius 3 is 1.03 bits per heavy atom. The molecule has 0 bridgehead atoms. The van der Waals surface area contributed by atoms with Gasteiger partial charge < -0.3 is 14.2 Å². The van der Waals surface area contributed by atoms with Crippen LogP contribution in [0.25, 0.3) is 0 Å². The fourth-order valence-electron chi connectivity index (χ4n) is 6.87. The Kier molecular flexibility index (Phi) is 46.9. The van der Waals surface area contributed by atoms with E-state index in [9.17, 15) is 14.4 Å². The van der Waals surface area contributed by atoms with Crippen molar-refractivity contribution in [2.45, 2.75) is 245 Å². The standard InChI is InChI=1S/C55H94O6/c1-4-7-10-13-16-19-22-24-26-27-29-30-33-36-39-42-45-48-54(57)60-51-52(50-59-53(56)47-44-41-38-35-32-21-18-15-12-9-6-3)61-55(58)49-46-43-40-37-34-31-28-25-23-20-17-14-11-8-5-2/h8,11,16-17,19-20,24-26,28-30,52H,4-7,9-10,12-15,18,21-23,27,31-51H2,1-3H3/b11-8-,19-16-,20-17-,26-24-,28-25-,30-29-/t52-/m1/s1. The second kappa shape index (κ2) is 49.5. The number of carbonyl (C=O) groups excluding carboxylic acids is 3. The summed E-state index contributed by atoms with van der Waals surface area (Å²) in [6.45, 7) is 6.46.